The van der Waals surface area contributed by atoms with Crippen LogP contribution in [0.5, 0.6) is 0 Å². The lowest BCUT2D eigenvalue weighted by Crippen LogP contribution is -2.00. The SMILES string of the molecule is c1ccc(-c2nc(-c3ccc4oc5ccccc5c4c3)nc(-c3cccc4nc(-c5ccccc5)oc34)n2)cc1. The summed E-state index contributed by atoms with van der Waals surface area (Å²) in [5, 5.41) is 2.07. The second-order valence-corrected chi connectivity index (χ2v) is 9.52. The van der Waals surface area contributed by atoms with E-state index in [4.69, 9.17) is 28.8 Å². The molecule has 6 nitrogen and oxygen atoms in total. The molecule has 8 rings (SSSR count). The monoisotopic (exact) mass is 516 g/mol. The number of para-hydroxylation sites is 2. The van der Waals surface area contributed by atoms with Crippen LogP contribution in [0, 0.1) is 0 Å². The maximum atomic E-state index is 6.30. The van der Waals surface area contributed by atoms with Crippen molar-refractivity contribution in [2.75, 3.05) is 0 Å². The molecule has 8 aromatic rings. The molecule has 0 saturated carbocycles. The lowest BCUT2D eigenvalue weighted by molar-refractivity contribution is 0.620. The summed E-state index contributed by atoms with van der Waals surface area (Å²) in [7, 11) is 0. The molecule has 0 aliphatic rings. The Kier molecular flexibility index (Phi) is 5.03. The van der Waals surface area contributed by atoms with Gasteiger partial charge in [-0.15, -0.1) is 0 Å². The van der Waals surface area contributed by atoms with Crippen molar-refractivity contribution in [1.29, 1.82) is 0 Å². The third kappa shape index (κ3) is 3.74. The molecule has 3 aromatic heterocycles. The smallest absolute Gasteiger partial charge is 0.227 e. The molecular weight excluding hydrogens is 496 g/mol. The molecule has 40 heavy (non-hydrogen) atoms. The second-order valence-electron chi connectivity index (χ2n) is 9.52. The zero-order valence-electron chi connectivity index (χ0n) is 21.2. The highest BCUT2D eigenvalue weighted by molar-refractivity contribution is 6.06. The maximum Gasteiger partial charge on any atom is 0.227 e. The van der Waals surface area contributed by atoms with Crippen LogP contribution in [0.2, 0.25) is 0 Å². The lowest BCUT2D eigenvalue weighted by atomic mass is 10.1. The van der Waals surface area contributed by atoms with Crippen molar-refractivity contribution in [1.82, 2.24) is 19.9 Å². The standard InChI is InChI=1S/C34H20N4O2/c1-3-10-21(11-4-1)31-36-32(23-18-19-29-26(20-23)24-14-7-8-17-28(24)39-29)38-33(37-31)25-15-9-16-27-30(25)40-34(35-27)22-12-5-2-6-13-22/h1-20H. The van der Waals surface area contributed by atoms with Crippen molar-refractivity contribution in [2.24, 2.45) is 0 Å². The number of hydrogen-bond donors (Lipinski definition) is 0. The fourth-order valence-electron chi connectivity index (χ4n) is 5.04. The van der Waals surface area contributed by atoms with Gasteiger partial charge < -0.3 is 8.83 Å². The molecule has 5 aromatic carbocycles. The molecule has 0 fully saturated rings. The van der Waals surface area contributed by atoms with Crippen molar-refractivity contribution in [3.8, 4) is 45.6 Å². The minimum atomic E-state index is 0.516. The maximum absolute atomic E-state index is 6.30. The van der Waals surface area contributed by atoms with Gasteiger partial charge in [0.25, 0.3) is 0 Å². The highest BCUT2D eigenvalue weighted by Gasteiger charge is 2.18. The normalized spacial score (nSPS) is 11.5. The Morgan fingerprint density at radius 3 is 1.93 bits per heavy atom. The fourth-order valence-corrected chi connectivity index (χ4v) is 5.04. The third-order valence-electron chi connectivity index (χ3n) is 6.98. The predicted molar refractivity (Wildman–Crippen MR) is 156 cm³/mol. The van der Waals surface area contributed by atoms with Gasteiger partial charge in [-0.2, -0.15) is 0 Å². The molecule has 0 spiro atoms. The van der Waals surface area contributed by atoms with Crippen molar-refractivity contribution in [3.63, 3.8) is 0 Å². The van der Waals surface area contributed by atoms with Crippen LogP contribution >= 0.6 is 0 Å². The molecule has 0 saturated heterocycles. The van der Waals surface area contributed by atoms with Gasteiger partial charge in [0, 0.05) is 27.5 Å². The molecule has 0 unspecified atom stereocenters. The van der Waals surface area contributed by atoms with Crippen molar-refractivity contribution in [2.45, 2.75) is 0 Å². The average Bonchev–Trinajstić information content (AvgIpc) is 3.63. The molecule has 0 N–H and O–H groups in total. The Morgan fingerprint density at radius 1 is 0.425 bits per heavy atom. The second kappa shape index (κ2) is 8.99. The van der Waals surface area contributed by atoms with Crippen LogP contribution in [0.3, 0.4) is 0 Å². The van der Waals surface area contributed by atoms with Gasteiger partial charge in [0.2, 0.25) is 5.89 Å². The zero-order valence-corrected chi connectivity index (χ0v) is 21.2. The van der Waals surface area contributed by atoms with Crippen LogP contribution in [0.15, 0.2) is 130 Å². The number of benzene rings is 5. The summed E-state index contributed by atoms with van der Waals surface area (Å²) in [5.41, 5.74) is 6.48. The number of fused-ring (bicyclic) bond motifs is 4. The van der Waals surface area contributed by atoms with E-state index in [0.717, 1.165) is 49.7 Å². The molecule has 0 amide bonds. The van der Waals surface area contributed by atoms with E-state index in [-0.39, 0.29) is 0 Å². The number of furan rings is 1. The van der Waals surface area contributed by atoms with E-state index in [2.05, 4.69) is 12.1 Å². The highest BCUT2D eigenvalue weighted by Crippen LogP contribution is 2.35. The van der Waals surface area contributed by atoms with E-state index in [1.807, 2.05) is 109 Å². The minimum Gasteiger partial charge on any atom is -0.456 e. The first-order valence-electron chi connectivity index (χ1n) is 13.0. The molecule has 0 aliphatic heterocycles. The molecule has 0 aliphatic carbocycles. The van der Waals surface area contributed by atoms with E-state index in [1.54, 1.807) is 0 Å². The Balaban J connectivity index is 1.34. The molecule has 0 radical (unpaired) electrons. The summed E-state index contributed by atoms with van der Waals surface area (Å²) in [6.07, 6.45) is 0. The number of nitrogens with zero attached hydrogens (tertiary/aromatic N) is 4. The quantitative estimate of drug-likeness (QED) is 0.233. The van der Waals surface area contributed by atoms with E-state index in [0.29, 0.717) is 28.9 Å². The fraction of sp³-hybridized carbons (Fsp3) is 0. The van der Waals surface area contributed by atoms with E-state index < -0.39 is 0 Å². The Morgan fingerprint density at radius 2 is 1.10 bits per heavy atom. The topological polar surface area (TPSA) is 77.8 Å². The summed E-state index contributed by atoms with van der Waals surface area (Å²) in [6.45, 7) is 0. The first-order chi connectivity index (χ1) is 19.8. The van der Waals surface area contributed by atoms with Gasteiger partial charge in [0.05, 0.1) is 5.56 Å². The molecule has 6 heteroatoms. The van der Waals surface area contributed by atoms with Crippen LogP contribution in [0.25, 0.3) is 78.7 Å². The van der Waals surface area contributed by atoms with Gasteiger partial charge in [0.15, 0.2) is 23.1 Å². The third-order valence-corrected chi connectivity index (χ3v) is 6.98. The summed E-state index contributed by atoms with van der Waals surface area (Å²) in [6, 6.07) is 39.7. The predicted octanol–water partition coefficient (Wildman–Crippen LogP) is 8.58. The van der Waals surface area contributed by atoms with Crippen LogP contribution < -0.4 is 0 Å². The summed E-state index contributed by atoms with van der Waals surface area (Å²) < 4.78 is 12.3. The van der Waals surface area contributed by atoms with Crippen LogP contribution in [0.4, 0.5) is 0 Å². The van der Waals surface area contributed by atoms with Gasteiger partial charge in [-0.25, -0.2) is 19.9 Å². The molecule has 0 bridgehead atoms. The van der Waals surface area contributed by atoms with Gasteiger partial charge in [-0.05, 0) is 48.5 Å². The zero-order chi connectivity index (χ0) is 26.5. The molecule has 188 valence electrons. The van der Waals surface area contributed by atoms with E-state index in [1.165, 1.54) is 0 Å². The van der Waals surface area contributed by atoms with Crippen molar-refractivity contribution < 1.29 is 8.83 Å². The van der Waals surface area contributed by atoms with Gasteiger partial charge >= 0.3 is 0 Å². The number of hydrogen-bond acceptors (Lipinski definition) is 6. The number of oxazole rings is 1. The first kappa shape index (κ1) is 22.4. The molecule has 3 heterocycles. The van der Waals surface area contributed by atoms with Crippen molar-refractivity contribution >= 4 is 33.0 Å². The Bertz CT molecular complexity index is 2170. The van der Waals surface area contributed by atoms with Crippen LogP contribution in [0.1, 0.15) is 0 Å². The first-order valence-corrected chi connectivity index (χ1v) is 13.0. The average molecular weight is 517 g/mol. The van der Waals surface area contributed by atoms with Gasteiger partial charge in [-0.3, -0.25) is 0 Å². The van der Waals surface area contributed by atoms with Gasteiger partial charge in [0.1, 0.15) is 16.7 Å². The van der Waals surface area contributed by atoms with E-state index in [9.17, 15) is 0 Å². The largest absolute Gasteiger partial charge is 0.456 e. The minimum absolute atomic E-state index is 0.516. The number of aromatic nitrogens is 4. The van der Waals surface area contributed by atoms with Crippen molar-refractivity contribution in [3.05, 3.63) is 121 Å². The summed E-state index contributed by atoms with van der Waals surface area (Å²) in [5.74, 6) is 2.22. The highest BCUT2D eigenvalue weighted by atomic mass is 16.3. The molecular formula is C34H20N4O2. The van der Waals surface area contributed by atoms with E-state index >= 15 is 0 Å². The van der Waals surface area contributed by atoms with Crippen LogP contribution in [-0.2, 0) is 0 Å². The Labute approximate surface area is 228 Å². The van der Waals surface area contributed by atoms with Gasteiger partial charge in [-0.1, -0.05) is 72.8 Å². The van der Waals surface area contributed by atoms with Crippen LogP contribution in [-0.4, -0.2) is 19.9 Å². The number of rotatable bonds is 4. The summed E-state index contributed by atoms with van der Waals surface area (Å²) in [4.78, 5) is 19.5. The summed E-state index contributed by atoms with van der Waals surface area (Å²) >= 11 is 0. The Hall–Kier alpha value is -5.62. The molecule has 0 atom stereocenters. The lowest BCUT2D eigenvalue weighted by Gasteiger charge is -2.08.